The van der Waals surface area contributed by atoms with Crippen molar-refractivity contribution in [3.05, 3.63) is 67.1 Å². The first-order chi connectivity index (χ1) is 16.0. The van der Waals surface area contributed by atoms with E-state index in [4.69, 9.17) is 10.7 Å². The molecule has 0 aliphatic rings. The Bertz CT molecular complexity index is 1650. The monoisotopic (exact) mass is 438 g/mol. The van der Waals surface area contributed by atoms with Gasteiger partial charge in [0, 0.05) is 41.2 Å². The Balaban J connectivity index is 1.51. The Hall–Kier alpha value is -4.86. The van der Waals surface area contributed by atoms with E-state index in [-0.39, 0.29) is 5.75 Å². The second-order valence-electron chi connectivity index (χ2n) is 7.56. The van der Waals surface area contributed by atoms with Gasteiger partial charge in [0.05, 0.1) is 40.3 Å². The number of phenols is 1. The van der Waals surface area contributed by atoms with E-state index in [2.05, 4.69) is 30.1 Å². The number of nitrogens with zero attached hydrogens (tertiary/aromatic N) is 5. The van der Waals surface area contributed by atoms with Crippen LogP contribution in [0.15, 0.2) is 61.3 Å². The molecular weight excluding hydrogens is 423 g/mol. The third-order valence-corrected chi connectivity index (χ3v) is 5.31. The number of benzene rings is 1. The van der Waals surface area contributed by atoms with Crippen LogP contribution in [0.5, 0.6) is 5.75 Å². The molecule has 0 aliphatic carbocycles. The van der Waals surface area contributed by atoms with Crippen LogP contribution >= 0.6 is 0 Å². The average Bonchev–Trinajstić information content (AvgIpc) is 3.41. The van der Waals surface area contributed by atoms with Gasteiger partial charge in [0.25, 0.3) is 0 Å². The SMILES string of the molecule is Nc1cncc(-c2cc3c(-c4nc5c(-c6cc(O)cc(F)c6)cncc5[nH]4)n[nH]c3cn2)c1. The van der Waals surface area contributed by atoms with Gasteiger partial charge in [-0.05, 0) is 29.8 Å². The summed E-state index contributed by atoms with van der Waals surface area (Å²) >= 11 is 0. The molecule has 1 aromatic carbocycles. The van der Waals surface area contributed by atoms with Gasteiger partial charge in [-0.1, -0.05) is 0 Å². The number of H-pyrrole nitrogens is 2. The number of nitrogens with one attached hydrogen (secondary N) is 2. The fourth-order valence-corrected chi connectivity index (χ4v) is 3.84. The largest absolute Gasteiger partial charge is 0.508 e. The quantitative estimate of drug-likeness (QED) is 0.326. The van der Waals surface area contributed by atoms with Crippen molar-refractivity contribution in [2.24, 2.45) is 0 Å². The smallest absolute Gasteiger partial charge is 0.159 e. The first-order valence-electron chi connectivity index (χ1n) is 9.94. The summed E-state index contributed by atoms with van der Waals surface area (Å²) in [4.78, 5) is 20.8. The molecule has 0 fully saturated rings. The second kappa shape index (κ2) is 7.09. The van der Waals surface area contributed by atoms with Crippen LogP contribution in [0.4, 0.5) is 10.1 Å². The van der Waals surface area contributed by atoms with Crippen molar-refractivity contribution in [1.29, 1.82) is 0 Å². The Morgan fingerprint density at radius 3 is 2.61 bits per heavy atom. The van der Waals surface area contributed by atoms with E-state index < -0.39 is 5.82 Å². The van der Waals surface area contributed by atoms with Gasteiger partial charge < -0.3 is 15.8 Å². The van der Waals surface area contributed by atoms with Gasteiger partial charge in [0.1, 0.15) is 17.3 Å². The number of nitrogens with two attached hydrogens (primary N) is 1. The molecule has 0 spiro atoms. The fraction of sp³-hybridized carbons (Fsp3) is 0. The Morgan fingerprint density at radius 1 is 0.879 bits per heavy atom. The molecular formula is C23H15FN8O. The lowest BCUT2D eigenvalue weighted by Gasteiger charge is -2.03. The Kier molecular flexibility index (Phi) is 4.06. The number of halogens is 1. The Labute approximate surface area is 185 Å². The van der Waals surface area contributed by atoms with Crippen molar-refractivity contribution in [2.45, 2.75) is 0 Å². The van der Waals surface area contributed by atoms with E-state index in [1.54, 1.807) is 37.1 Å². The maximum atomic E-state index is 13.9. The van der Waals surface area contributed by atoms with Gasteiger partial charge >= 0.3 is 0 Å². The highest BCUT2D eigenvalue weighted by molar-refractivity contribution is 5.97. The van der Waals surface area contributed by atoms with Gasteiger partial charge in [-0.15, -0.1) is 0 Å². The van der Waals surface area contributed by atoms with Gasteiger partial charge in [-0.2, -0.15) is 5.10 Å². The molecule has 0 radical (unpaired) electrons. The zero-order valence-corrected chi connectivity index (χ0v) is 16.9. The topological polar surface area (TPSA) is 142 Å². The summed E-state index contributed by atoms with van der Waals surface area (Å²) in [5.74, 6) is -0.215. The van der Waals surface area contributed by atoms with Crippen molar-refractivity contribution in [3.8, 4) is 39.7 Å². The number of imidazole rings is 1. The highest BCUT2D eigenvalue weighted by Gasteiger charge is 2.17. The third-order valence-electron chi connectivity index (χ3n) is 5.31. The maximum Gasteiger partial charge on any atom is 0.159 e. The van der Waals surface area contributed by atoms with Crippen LogP contribution in [0.25, 0.3) is 55.8 Å². The van der Waals surface area contributed by atoms with Crippen LogP contribution in [-0.2, 0) is 0 Å². The zero-order valence-electron chi connectivity index (χ0n) is 16.9. The Morgan fingerprint density at radius 2 is 1.76 bits per heavy atom. The number of aromatic amines is 2. The van der Waals surface area contributed by atoms with Crippen LogP contribution in [0, 0.1) is 5.82 Å². The van der Waals surface area contributed by atoms with Crippen LogP contribution < -0.4 is 5.73 Å². The molecule has 0 unspecified atom stereocenters. The maximum absolute atomic E-state index is 13.9. The molecule has 0 atom stereocenters. The third kappa shape index (κ3) is 3.21. The minimum atomic E-state index is -0.549. The standard InChI is InChI=1S/C23H15FN8O/c24-13-1-11(3-15(33)4-13)17-8-27-9-20-21(17)30-23(29-20)22-16-5-18(28-10-19(16)31-32-22)12-2-14(25)7-26-6-12/h1-10,33H,25H2,(H,29,30)(H,31,32). The van der Waals surface area contributed by atoms with Gasteiger partial charge in [0.15, 0.2) is 5.82 Å². The number of fused-ring (bicyclic) bond motifs is 2. The molecule has 0 saturated heterocycles. The minimum Gasteiger partial charge on any atom is -0.508 e. The summed E-state index contributed by atoms with van der Waals surface area (Å²) in [6.45, 7) is 0. The number of aromatic nitrogens is 7. The van der Waals surface area contributed by atoms with Crippen LogP contribution in [0.2, 0.25) is 0 Å². The summed E-state index contributed by atoms with van der Waals surface area (Å²) in [6, 6.07) is 7.53. The van der Waals surface area contributed by atoms with Crippen molar-refractivity contribution in [2.75, 3.05) is 5.73 Å². The number of pyridine rings is 3. The molecule has 5 heterocycles. The van der Waals surface area contributed by atoms with E-state index in [1.165, 1.54) is 12.1 Å². The number of hydrogen-bond acceptors (Lipinski definition) is 7. The fourth-order valence-electron chi connectivity index (χ4n) is 3.84. The molecule has 33 heavy (non-hydrogen) atoms. The van der Waals surface area contributed by atoms with E-state index in [9.17, 15) is 9.50 Å². The van der Waals surface area contributed by atoms with Crippen LogP contribution in [0.3, 0.4) is 0 Å². The predicted octanol–water partition coefficient (Wildman–Crippen LogP) is 4.05. The zero-order chi connectivity index (χ0) is 22.5. The molecule has 5 N–H and O–H groups in total. The van der Waals surface area contributed by atoms with E-state index in [0.29, 0.717) is 45.1 Å². The number of rotatable bonds is 3. The average molecular weight is 438 g/mol. The molecule has 0 bridgehead atoms. The van der Waals surface area contributed by atoms with Gasteiger partial charge in [-0.25, -0.2) is 9.37 Å². The molecule has 6 rings (SSSR count). The first-order valence-corrected chi connectivity index (χ1v) is 9.94. The summed E-state index contributed by atoms with van der Waals surface area (Å²) < 4.78 is 13.9. The molecule has 0 amide bonds. The van der Waals surface area contributed by atoms with E-state index in [1.807, 2.05) is 6.07 Å². The summed E-state index contributed by atoms with van der Waals surface area (Å²) in [7, 11) is 0. The molecule has 0 saturated carbocycles. The van der Waals surface area contributed by atoms with E-state index in [0.717, 1.165) is 22.5 Å². The molecule has 0 aliphatic heterocycles. The lowest BCUT2D eigenvalue weighted by molar-refractivity contribution is 0.469. The van der Waals surface area contributed by atoms with E-state index >= 15 is 0 Å². The summed E-state index contributed by atoms with van der Waals surface area (Å²) in [5, 5.41) is 18.0. The van der Waals surface area contributed by atoms with Crippen molar-refractivity contribution < 1.29 is 9.50 Å². The lowest BCUT2D eigenvalue weighted by atomic mass is 10.1. The normalized spacial score (nSPS) is 11.4. The van der Waals surface area contributed by atoms with Crippen molar-refractivity contribution in [3.63, 3.8) is 0 Å². The highest BCUT2D eigenvalue weighted by Crippen LogP contribution is 2.33. The molecule has 9 nitrogen and oxygen atoms in total. The van der Waals surface area contributed by atoms with Gasteiger partial charge in [0.2, 0.25) is 0 Å². The number of phenolic OH excluding ortho intramolecular Hbond substituents is 1. The first kappa shape index (κ1) is 18.9. The van der Waals surface area contributed by atoms with Crippen LogP contribution in [0.1, 0.15) is 0 Å². The van der Waals surface area contributed by atoms with Crippen LogP contribution in [-0.4, -0.2) is 40.2 Å². The molecule has 160 valence electrons. The molecule has 6 aromatic rings. The molecule has 10 heteroatoms. The summed E-state index contributed by atoms with van der Waals surface area (Å²) in [5.41, 5.74) is 11.5. The predicted molar refractivity (Wildman–Crippen MR) is 121 cm³/mol. The highest BCUT2D eigenvalue weighted by atomic mass is 19.1. The number of anilines is 1. The number of hydrogen-bond donors (Lipinski definition) is 4. The van der Waals surface area contributed by atoms with Crippen molar-refractivity contribution >= 4 is 27.6 Å². The number of aromatic hydroxyl groups is 1. The van der Waals surface area contributed by atoms with Gasteiger partial charge in [-0.3, -0.25) is 20.1 Å². The summed E-state index contributed by atoms with van der Waals surface area (Å²) in [6.07, 6.45) is 8.17. The molecule has 5 aromatic heterocycles. The van der Waals surface area contributed by atoms with Crippen molar-refractivity contribution in [1.82, 2.24) is 35.1 Å². The minimum absolute atomic E-state index is 0.174. The second-order valence-corrected chi connectivity index (χ2v) is 7.56. The lowest BCUT2D eigenvalue weighted by Crippen LogP contribution is -1.90. The number of nitrogen functional groups attached to an aromatic ring is 1.